The first-order chi connectivity index (χ1) is 9.35. The fourth-order valence-electron chi connectivity index (χ4n) is 2.87. The third kappa shape index (κ3) is 4.35. The number of likely N-dealkylation sites (tertiary alicyclic amines) is 1. The largest absolute Gasteiger partial charge is 0.457 e. The van der Waals surface area contributed by atoms with E-state index in [-0.39, 0.29) is 6.09 Å². The molecule has 0 aliphatic carbocycles. The number of rotatable bonds is 1. The van der Waals surface area contributed by atoms with Crippen molar-refractivity contribution in [3.63, 3.8) is 0 Å². The highest BCUT2D eigenvalue weighted by Crippen LogP contribution is 2.20. The lowest BCUT2D eigenvalue weighted by atomic mass is 10.0. The first kappa shape index (κ1) is 15.6. The third-order valence-corrected chi connectivity index (χ3v) is 4.04. The summed E-state index contributed by atoms with van der Waals surface area (Å²) in [7, 11) is 3.98. The third-order valence-electron chi connectivity index (χ3n) is 4.04. The average Bonchev–Trinajstić information content (AvgIpc) is 2.38. The van der Waals surface area contributed by atoms with Crippen LogP contribution in [-0.2, 0) is 4.74 Å². The molecule has 116 valence electrons. The number of hydrogen-bond donors (Lipinski definition) is 0. The van der Waals surface area contributed by atoms with Crippen LogP contribution in [0.5, 0.6) is 0 Å². The molecule has 2 rings (SSSR count). The Balaban J connectivity index is 1.76. The summed E-state index contributed by atoms with van der Waals surface area (Å²) < 4.78 is 5.43. The van der Waals surface area contributed by atoms with Crippen molar-refractivity contribution in [2.45, 2.75) is 45.3 Å². The summed E-state index contributed by atoms with van der Waals surface area (Å²) in [4.78, 5) is 18.5. The SMILES string of the molecule is [CH2-]N1CCN(C2CCN(C(=O)OC(C)(C)C)CC2)CC1. The van der Waals surface area contributed by atoms with E-state index in [1.807, 2.05) is 25.7 Å². The molecule has 0 unspecified atom stereocenters. The summed E-state index contributed by atoms with van der Waals surface area (Å²) >= 11 is 0. The molecule has 0 bridgehead atoms. The van der Waals surface area contributed by atoms with Crippen molar-refractivity contribution < 1.29 is 9.53 Å². The summed E-state index contributed by atoms with van der Waals surface area (Å²) in [5.74, 6) is 0. The van der Waals surface area contributed by atoms with E-state index in [9.17, 15) is 4.79 Å². The first-order valence-electron chi connectivity index (χ1n) is 7.62. The van der Waals surface area contributed by atoms with E-state index in [1.165, 1.54) is 0 Å². The maximum absolute atomic E-state index is 12.0. The van der Waals surface area contributed by atoms with Gasteiger partial charge in [0.2, 0.25) is 0 Å². The molecule has 0 spiro atoms. The zero-order valence-electron chi connectivity index (χ0n) is 13.1. The fourth-order valence-corrected chi connectivity index (χ4v) is 2.87. The second-order valence-electron chi connectivity index (χ2n) is 6.85. The van der Waals surface area contributed by atoms with Crippen molar-refractivity contribution in [3.8, 4) is 0 Å². The Kier molecular flexibility index (Phi) is 4.91. The highest BCUT2D eigenvalue weighted by molar-refractivity contribution is 5.68. The predicted octanol–water partition coefficient (Wildman–Crippen LogP) is 1.80. The number of hydrogen-bond acceptors (Lipinski definition) is 4. The van der Waals surface area contributed by atoms with Crippen LogP contribution < -0.4 is 0 Å². The van der Waals surface area contributed by atoms with Gasteiger partial charge in [0.1, 0.15) is 5.60 Å². The van der Waals surface area contributed by atoms with Gasteiger partial charge in [0.25, 0.3) is 0 Å². The van der Waals surface area contributed by atoms with E-state index in [4.69, 9.17) is 4.74 Å². The van der Waals surface area contributed by atoms with E-state index < -0.39 is 5.60 Å². The molecule has 2 aliphatic rings. The van der Waals surface area contributed by atoms with Crippen LogP contribution in [0.3, 0.4) is 0 Å². The van der Waals surface area contributed by atoms with E-state index >= 15 is 0 Å². The lowest BCUT2D eigenvalue weighted by Crippen LogP contribution is -2.53. The van der Waals surface area contributed by atoms with Crippen molar-refractivity contribution in [3.05, 3.63) is 7.05 Å². The highest BCUT2D eigenvalue weighted by Gasteiger charge is 2.29. The number of ether oxygens (including phenoxy) is 1. The Bertz CT molecular complexity index is 325. The molecule has 0 radical (unpaired) electrons. The summed E-state index contributed by atoms with van der Waals surface area (Å²) in [6, 6.07) is 0.613. The van der Waals surface area contributed by atoms with Gasteiger partial charge in [-0.2, -0.15) is 0 Å². The van der Waals surface area contributed by atoms with E-state index in [0.29, 0.717) is 6.04 Å². The minimum Gasteiger partial charge on any atom is -0.457 e. The minimum absolute atomic E-state index is 0.168. The van der Waals surface area contributed by atoms with Crippen molar-refractivity contribution in [1.29, 1.82) is 0 Å². The van der Waals surface area contributed by atoms with Crippen LogP contribution in [0.4, 0.5) is 4.79 Å². The molecule has 2 aliphatic heterocycles. The lowest BCUT2D eigenvalue weighted by Gasteiger charge is -2.44. The summed E-state index contributed by atoms with van der Waals surface area (Å²) in [5, 5.41) is 0. The van der Waals surface area contributed by atoms with Crippen LogP contribution in [-0.4, -0.2) is 71.7 Å². The second-order valence-corrected chi connectivity index (χ2v) is 6.85. The molecule has 0 aromatic carbocycles. The van der Waals surface area contributed by atoms with Crippen LogP contribution in [0.2, 0.25) is 0 Å². The van der Waals surface area contributed by atoms with Crippen molar-refractivity contribution in [2.75, 3.05) is 39.3 Å². The number of carbonyl (C=O) groups is 1. The van der Waals surface area contributed by atoms with Crippen molar-refractivity contribution >= 4 is 6.09 Å². The number of carbonyl (C=O) groups excluding carboxylic acids is 1. The fraction of sp³-hybridized carbons (Fsp3) is 0.867. The van der Waals surface area contributed by atoms with Crippen molar-refractivity contribution in [2.24, 2.45) is 0 Å². The number of amides is 1. The summed E-state index contributed by atoms with van der Waals surface area (Å²) in [5.41, 5.74) is -0.404. The molecule has 2 saturated heterocycles. The average molecular weight is 282 g/mol. The molecular formula is C15H28N3O2-. The molecule has 5 heteroatoms. The number of nitrogens with zero attached hydrogens (tertiary/aromatic N) is 3. The summed E-state index contributed by atoms with van der Waals surface area (Å²) in [6.07, 6.45) is 1.94. The van der Waals surface area contributed by atoms with Gasteiger partial charge in [0.15, 0.2) is 0 Å². The van der Waals surface area contributed by atoms with Gasteiger partial charge in [-0.3, -0.25) is 11.9 Å². The predicted molar refractivity (Wildman–Crippen MR) is 79.3 cm³/mol. The van der Waals surface area contributed by atoms with Gasteiger partial charge in [0.05, 0.1) is 0 Å². The maximum atomic E-state index is 12.0. The Morgan fingerprint density at radius 3 is 2.10 bits per heavy atom. The van der Waals surface area contributed by atoms with Crippen LogP contribution in [0.1, 0.15) is 33.6 Å². The molecule has 0 atom stereocenters. The van der Waals surface area contributed by atoms with Crippen LogP contribution in [0.25, 0.3) is 0 Å². The van der Waals surface area contributed by atoms with E-state index in [2.05, 4.69) is 16.8 Å². The topological polar surface area (TPSA) is 36.0 Å². The van der Waals surface area contributed by atoms with Gasteiger partial charge in [-0.05, 0) is 46.7 Å². The lowest BCUT2D eigenvalue weighted by molar-refractivity contribution is 0.0114. The molecule has 1 amide bonds. The van der Waals surface area contributed by atoms with Gasteiger partial charge in [-0.25, -0.2) is 4.79 Å². The number of piperidine rings is 1. The number of piperazine rings is 1. The van der Waals surface area contributed by atoms with Crippen LogP contribution in [0.15, 0.2) is 0 Å². The van der Waals surface area contributed by atoms with Gasteiger partial charge in [-0.1, -0.05) is 0 Å². The molecule has 0 aromatic heterocycles. The van der Waals surface area contributed by atoms with Gasteiger partial charge < -0.3 is 14.5 Å². The van der Waals surface area contributed by atoms with Crippen LogP contribution in [0, 0.1) is 7.05 Å². The molecule has 0 aromatic rings. The normalized spacial score (nSPS) is 23.9. The Morgan fingerprint density at radius 1 is 1.05 bits per heavy atom. The monoisotopic (exact) mass is 282 g/mol. The highest BCUT2D eigenvalue weighted by atomic mass is 16.6. The van der Waals surface area contributed by atoms with Gasteiger partial charge in [0, 0.05) is 32.2 Å². The molecule has 0 N–H and O–H groups in total. The molecule has 2 fully saturated rings. The zero-order chi connectivity index (χ0) is 14.8. The molecule has 2 heterocycles. The Morgan fingerprint density at radius 2 is 1.60 bits per heavy atom. The zero-order valence-corrected chi connectivity index (χ0v) is 13.1. The molecule has 5 nitrogen and oxygen atoms in total. The molecule has 20 heavy (non-hydrogen) atoms. The first-order valence-corrected chi connectivity index (χ1v) is 7.62. The van der Waals surface area contributed by atoms with E-state index in [0.717, 1.165) is 52.1 Å². The smallest absolute Gasteiger partial charge is 0.410 e. The van der Waals surface area contributed by atoms with Crippen LogP contribution >= 0.6 is 0 Å². The standard InChI is InChI=1S/C15H28N3O2/c1-15(2,3)20-14(19)18-7-5-13(6-8-18)17-11-9-16(4)10-12-17/h13H,4-12H2,1-3H3/q-1. The quantitative estimate of drug-likeness (QED) is 0.687. The molecule has 0 saturated carbocycles. The van der Waals surface area contributed by atoms with E-state index in [1.54, 1.807) is 0 Å². The van der Waals surface area contributed by atoms with Gasteiger partial charge >= 0.3 is 6.09 Å². The Labute approximate surface area is 122 Å². The maximum Gasteiger partial charge on any atom is 0.410 e. The second kappa shape index (κ2) is 6.31. The summed E-state index contributed by atoms with van der Waals surface area (Å²) in [6.45, 7) is 11.6. The Hall–Kier alpha value is -0.810. The molecular weight excluding hydrogens is 254 g/mol. The van der Waals surface area contributed by atoms with Gasteiger partial charge in [-0.15, -0.1) is 0 Å². The van der Waals surface area contributed by atoms with Crippen molar-refractivity contribution in [1.82, 2.24) is 14.7 Å². The minimum atomic E-state index is -0.404.